The molecule has 108 valence electrons. The number of nitrogens with one attached hydrogen (secondary N) is 1. The van der Waals surface area contributed by atoms with E-state index >= 15 is 0 Å². The standard InChI is InChI=1S/C17H17FN2O/c1-11-15(16(8-5-9-19)20-12(2)21)10-13-6-3-4-7-14(13)17(11)18/h3-4,6-7,10,16H,5,8H2,1-2H3,(H,20,21)/t16-/m0/s1. The second kappa shape index (κ2) is 6.36. The molecule has 2 aromatic carbocycles. The molecule has 21 heavy (non-hydrogen) atoms. The molecule has 0 radical (unpaired) electrons. The smallest absolute Gasteiger partial charge is 0.217 e. The minimum absolute atomic E-state index is 0.189. The molecule has 0 bridgehead atoms. The predicted molar refractivity (Wildman–Crippen MR) is 80.0 cm³/mol. The summed E-state index contributed by atoms with van der Waals surface area (Å²) >= 11 is 0. The number of amides is 1. The summed E-state index contributed by atoms with van der Waals surface area (Å²) in [5, 5.41) is 12.9. The van der Waals surface area contributed by atoms with Crippen LogP contribution >= 0.6 is 0 Å². The maximum Gasteiger partial charge on any atom is 0.217 e. The SMILES string of the molecule is CC(=O)N[C@@H](CCC#N)c1cc2ccccc2c(F)c1C. The summed E-state index contributed by atoms with van der Waals surface area (Å²) < 4.78 is 14.5. The van der Waals surface area contributed by atoms with Crippen LogP contribution < -0.4 is 5.32 Å². The van der Waals surface area contributed by atoms with Crippen molar-refractivity contribution in [2.75, 3.05) is 0 Å². The first-order chi connectivity index (χ1) is 10.0. The number of carbonyl (C=O) groups excluding carboxylic acids is 1. The summed E-state index contributed by atoms with van der Waals surface area (Å²) in [4.78, 5) is 11.4. The Hall–Kier alpha value is -2.41. The van der Waals surface area contributed by atoms with Gasteiger partial charge in [0.25, 0.3) is 0 Å². The van der Waals surface area contributed by atoms with Crippen molar-refractivity contribution in [3.63, 3.8) is 0 Å². The average molecular weight is 284 g/mol. The number of fused-ring (bicyclic) bond motifs is 1. The summed E-state index contributed by atoms with van der Waals surface area (Å²) in [6.45, 7) is 3.13. The molecule has 0 fully saturated rings. The molecule has 0 heterocycles. The zero-order valence-corrected chi connectivity index (χ0v) is 12.1. The molecule has 1 amide bonds. The number of benzene rings is 2. The molecule has 1 N–H and O–H groups in total. The molecule has 0 spiro atoms. The second-order valence-electron chi connectivity index (χ2n) is 5.08. The van der Waals surface area contributed by atoms with Gasteiger partial charge in [-0.25, -0.2) is 4.39 Å². The van der Waals surface area contributed by atoms with Gasteiger partial charge in [-0.05, 0) is 35.9 Å². The lowest BCUT2D eigenvalue weighted by Gasteiger charge is -2.20. The zero-order chi connectivity index (χ0) is 15.4. The minimum atomic E-state index is -0.346. The molecule has 0 unspecified atom stereocenters. The third-order valence-electron chi connectivity index (χ3n) is 3.57. The lowest BCUT2D eigenvalue weighted by atomic mass is 9.93. The van der Waals surface area contributed by atoms with E-state index in [1.165, 1.54) is 6.92 Å². The van der Waals surface area contributed by atoms with Gasteiger partial charge < -0.3 is 5.32 Å². The largest absolute Gasteiger partial charge is 0.349 e. The molecule has 4 heteroatoms. The van der Waals surface area contributed by atoms with Gasteiger partial charge >= 0.3 is 0 Å². The van der Waals surface area contributed by atoms with Gasteiger partial charge in [0.05, 0.1) is 12.1 Å². The van der Waals surface area contributed by atoms with Gasteiger partial charge in [0.2, 0.25) is 5.91 Å². The Balaban J connectivity index is 2.53. The monoisotopic (exact) mass is 284 g/mol. The summed E-state index contributed by atoms with van der Waals surface area (Å²) in [5.74, 6) is -0.457. The third-order valence-corrected chi connectivity index (χ3v) is 3.57. The molecule has 0 saturated carbocycles. The molecule has 0 aliphatic rings. The van der Waals surface area contributed by atoms with Gasteiger partial charge in [0.15, 0.2) is 0 Å². The van der Waals surface area contributed by atoms with E-state index in [0.717, 1.165) is 10.9 Å². The molecule has 0 aliphatic carbocycles. The number of halogens is 1. The molecule has 3 nitrogen and oxygen atoms in total. The Morgan fingerprint density at radius 3 is 2.81 bits per heavy atom. The topological polar surface area (TPSA) is 52.9 Å². The Morgan fingerprint density at radius 2 is 2.14 bits per heavy atom. The minimum Gasteiger partial charge on any atom is -0.349 e. The van der Waals surface area contributed by atoms with E-state index in [9.17, 15) is 9.18 Å². The fraction of sp³-hybridized carbons (Fsp3) is 0.294. The lowest BCUT2D eigenvalue weighted by molar-refractivity contribution is -0.119. The molecular formula is C17H17FN2O. The van der Waals surface area contributed by atoms with Crippen LogP contribution in [-0.2, 0) is 4.79 Å². The Bertz CT molecular complexity index is 719. The average Bonchev–Trinajstić information content (AvgIpc) is 2.47. The van der Waals surface area contributed by atoms with E-state index in [1.54, 1.807) is 19.1 Å². The van der Waals surface area contributed by atoms with Crippen molar-refractivity contribution < 1.29 is 9.18 Å². The molecule has 0 saturated heterocycles. The normalized spacial score (nSPS) is 11.9. The van der Waals surface area contributed by atoms with Gasteiger partial charge in [-0.2, -0.15) is 5.26 Å². The third kappa shape index (κ3) is 3.19. The first kappa shape index (κ1) is 15.0. The van der Waals surface area contributed by atoms with E-state index in [4.69, 9.17) is 5.26 Å². The summed E-state index contributed by atoms with van der Waals surface area (Å²) in [5.41, 5.74) is 1.25. The maximum atomic E-state index is 14.5. The number of hydrogen-bond donors (Lipinski definition) is 1. The van der Waals surface area contributed by atoms with Crippen molar-refractivity contribution in [2.24, 2.45) is 0 Å². The number of nitriles is 1. The van der Waals surface area contributed by atoms with Crippen molar-refractivity contribution in [3.8, 4) is 6.07 Å². The zero-order valence-electron chi connectivity index (χ0n) is 12.1. The van der Waals surface area contributed by atoms with Crippen molar-refractivity contribution >= 4 is 16.7 Å². The summed E-state index contributed by atoms with van der Waals surface area (Å²) in [6, 6.07) is 10.8. The van der Waals surface area contributed by atoms with Crippen LogP contribution in [0.5, 0.6) is 0 Å². The Kier molecular flexibility index (Phi) is 4.54. The van der Waals surface area contributed by atoms with E-state index in [0.29, 0.717) is 23.8 Å². The number of carbonyl (C=O) groups is 1. The first-order valence-electron chi connectivity index (χ1n) is 6.86. The van der Waals surface area contributed by atoms with Crippen molar-refractivity contribution in [1.82, 2.24) is 5.32 Å². The Labute approximate surface area is 123 Å². The fourth-order valence-corrected chi connectivity index (χ4v) is 2.55. The highest BCUT2D eigenvalue weighted by Crippen LogP contribution is 2.30. The van der Waals surface area contributed by atoms with Gasteiger partial charge in [0, 0.05) is 18.7 Å². The van der Waals surface area contributed by atoms with Gasteiger partial charge in [-0.1, -0.05) is 24.3 Å². The van der Waals surface area contributed by atoms with Crippen LogP contribution in [0, 0.1) is 24.1 Å². The molecule has 0 aromatic heterocycles. The molecule has 2 rings (SSSR count). The highest BCUT2D eigenvalue weighted by Gasteiger charge is 2.18. The number of nitrogens with zero attached hydrogens (tertiary/aromatic N) is 1. The van der Waals surface area contributed by atoms with Crippen LogP contribution in [0.1, 0.15) is 36.9 Å². The fourth-order valence-electron chi connectivity index (χ4n) is 2.55. The van der Waals surface area contributed by atoms with E-state index in [2.05, 4.69) is 11.4 Å². The van der Waals surface area contributed by atoms with Crippen LogP contribution in [0.2, 0.25) is 0 Å². The second-order valence-corrected chi connectivity index (χ2v) is 5.08. The van der Waals surface area contributed by atoms with Crippen molar-refractivity contribution in [1.29, 1.82) is 5.26 Å². The Morgan fingerprint density at radius 1 is 1.43 bits per heavy atom. The molecule has 1 atom stereocenters. The lowest BCUT2D eigenvalue weighted by Crippen LogP contribution is -2.26. The number of hydrogen-bond acceptors (Lipinski definition) is 2. The van der Waals surface area contributed by atoms with E-state index in [1.807, 2.05) is 18.2 Å². The van der Waals surface area contributed by atoms with E-state index < -0.39 is 0 Å². The van der Waals surface area contributed by atoms with Crippen LogP contribution in [0.15, 0.2) is 30.3 Å². The van der Waals surface area contributed by atoms with Crippen LogP contribution in [-0.4, -0.2) is 5.91 Å². The van der Waals surface area contributed by atoms with E-state index in [-0.39, 0.29) is 17.8 Å². The quantitative estimate of drug-likeness (QED) is 0.929. The molecule has 2 aromatic rings. The molecular weight excluding hydrogens is 267 g/mol. The predicted octanol–water partition coefficient (Wildman–Crippen LogP) is 3.77. The number of rotatable bonds is 4. The van der Waals surface area contributed by atoms with Crippen LogP contribution in [0.3, 0.4) is 0 Å². The molecule has 0 aliphatic heterocycles. The van der Waals surface area contributed by atoms with Gasteiger partial charge in [-0.3, -0.25) is 4.79 Å². The van der Waals surface area contributed by atoms with Gasteiger partial charge in [0.1, 0.15) is 5.82 Å². The van der Waals surface area contributed by atoms with Gasteiger partial charge in [-0.15, -0.1) is 0 Å². The highest BCUT2D eigenvalue weighted by molar-refractivity contribution is 5.85. The van der Waals surface area contributed by atoms with Crippen LogP contribution in [0.25, 0.3) is 10.8 Å². The van der Waals surface area contributed by atoms with Crippen molar-refractivity contribution in [3.05, 3.63) is 47.3 Å². The highest BCUT2D eigenvalue weighted by atomic mass is 19.1. The summed E-state index contributed by atoms with van der Waals surface area (Å²) in [7, 11) is 0. The summed E-state index contributed by atoms with van der Waals surface area (Å²) in [6.07, 6.45) is 0.771. The van der Waals surface area contributed by atoms with Crippen molar-refractivity contribution in [2.45, 2.75) is 32.7 Å². The maximum absolute atomic E-state index is 14.5. The first-order valence-corrected chi connectivity index (χ1v) is 6.86. The van der Waals surface area contributed by atoms with Crippen LogP contribution in [0.4, 0.5) is 4.39 Å².